The second-order valence-electron chi connectivity index (χ2n) is 6.07. The summed E-state index contributed by atoms with van der Waals surface area (Å²) in [5.41, 5.74) is 1.70. The van der Waals surface area contributed by atoms with Crippen LogP contribution in [0.25, 0.3) is 0 Å². The van der Waals surface area contributed by atoms with Crippen molar-refractivity contribution in [3.63, 3.8) is 0 Å². The van der Waals surface area contributed by atoms with Crippen LogP contribution in [0.2, 0.25) is 5.02 Å². The molecule has 0 aliphatic carbocycles. The van der Waals surface area contributed by atoms with Crippen LogP contribution in [-0.4, -0.2) is 57.9 Å². The van der Waals surface area contributed by atoms with Gasteiger partial charge >= 0.3 is 0 Å². The highest BCUT2D eigenvalue weighted by atomic mass is 35.5. The smallest absolute Gasteiger partial charge is 0.265 e. The minimum absolute atomic E-state index is 0.115. The van der Waals surface area contributed by atoms with Gasteiger partial charge in [0.15, 0.2) is 18.1 Å². The number of halogens is 1. The summed E-state index contributed by atoms with van der Waals surface area (Å²) in [5.74, 6) is 0.371. The molecule has 0 aromatic heterocycles. The number of oxime groups is 1. The SMILES string of the molecule is COc1cc(/C=N/OCC(=O)Nc2ccc(C(=O)N(C)C)cc2)cc(Cl)c1OC. The molecular weight excluding hydrogens is 398 g/mol. The van der Waals surface area contributed by atoms with Gasteiger partial charge in [-0.25, -0.2) is 0 Å². The van der Waals surface area contributed by atoms with Crippen LogP contribution in [-0.2, 0) is 9.63 Å². The molecule has 29 heavy (non-hydrogen) atoms. The lowest BCUT2D eigenvalue weighted by molar-refractivity contribution is -0.120. The molecule has 0 spiro atoms. The number of nitrogens with zero attached hydrogens (tertiary/aromatic N) is 2. The van der Waals surface area contributed by atoms with Crippen molar-refractivity contribution in [3.05, 3.63) is 52.5 Å². The average Bonchev–Trinajstić information content (AvgIpc) is 2.70. The van der Waals surface area contributed by atoms with Gasteiger partial charge in [-0.05, 0) is 36.4 Å². The molecule has 0 aliphatic rings. The lowest BCUT2D eigenvalue weighted by Gasteiger charge is -2.11. The van der Waals surface area contributed by atoms with Crippen LogP contribution in [0, 0.1) is 0 Å². The van der Waals surface area contributed by atoms with Gasteiger partial charge in [0.05, 0.1) is 25.5 Å². The zero-order valence-corrected chi connectivity index (χ0v) is 17.3. The first-order chi connectivity index (χ1) is 13.8. The fourth-order valence-corrected chi connectivity index (χ4v) is 2.65. The Hall–Kier alpha value is -3.26. The highest BCUT2D eigenvalue weighted by Gasteiger charge is 2.10. The molecule has 0 radical (unpaired) electrons. The number of methoxy groups -OCH3 is 2. The van der Waals surface area contributed by atoms with Gasteiger partial charge in [-0.3, -0.25) is 9.59 Å². The van der Waals surface area contributed by atoms with Gasteiger partial charge in [-0.2, -0.15) is 0 Å². The largest absolute Gasteiger partial charge is 0.493 e. The summed E-state index contributed by atoms with van der Waals surface area (Å²) in [7, 11) is 6.34. The predicted octanol–water partition coefficient (Wildman–Crippen LogP) is 3.05. The highest BCUT2D eigenvalue weighted by molar-refractivity contribution is 6.32. The van der Waals surface area contributed by atoms with Crippen LogP contribution in [0.3, 0.4) is 0 Å². The summed E-state index contributed by atoms with van der Waals surface area (Å²) in [4.78, 5) is 30.3. The van der Waals surface area contributed by atoms with E-state index in [-0.39, 0.29) is 18.4 Å². The molecule has 154 valence electrons. The minimum atomic E-state index is -0.390. The molecule has 0 saturated heterocycles. The van der Waals surface area contributed by atoms with Gasteiger partial charge in [0.2, 0.25) is 0 Å². The van der Waals surface area contributed by atoms with E-state index in [1.54, 1.807) is 50.5 Å². The molecule has 8 nitrogen and oxygen atoms in total. The van der Waals surface area contributed by atoms with Crippen LogP contribution in [0.4, 0.5) is 5.69 Å². The van der Waals surface area contributed by atoms with Gasteiger partial charge in [-0.15, -0.1) is 0 Å². The zero-order chi connectivity index (χ0) is 21.4. The summed E-state index contributed by atoms with van der Waals surface area (Å²) in [5, 5.41) is 6.78. The molecule has 2 rings (SSSR count). The number of anilines is 1. The molecule has 0 bridgehead atoms. The van der Waals surface area contributed by atoms with Gasteiger partial charge in [0.1, 0.15) is 0 Å². The Balaban J connectivity index is 1.88. The number of carbonyl (C=O) groups is 2. The molecule has 2 aromatic rings. The van der Waals surface area contributed by atoms with Gasteiger partial charge < -0.3 is 24.5 Å². The third-order valence-corrected chi connectivity index (χ3v) is 4.03. The van der Waals surface area contributed by atoms with Crippen molar-refractivity contribution < 1.29 is 23.9 Å². The lowest BCUT2D eigenvalue weighted by Crippen LogP contribution is -2.21. The van der Waals surface area contributed by atoms with Gasteiger partial charge in [0, 0.05) is 30.9 Å². The van der Waals surface area contributed by atoms with Crippen molar-refractivity contribution in [2.24, 2.45) is 5.16 Å². The Morgan fingerprint density at radius 3 is 2.41 bits per heavy atom. The summed E-state index contributed by atoms with van der Waals surface area (Å²) in [6.07, 6.45) is 1.41. The van der Waals surface area contributed by atoms with Crippen molar-refractivity contribution in [1.82, 2.24) is 4.90 Å². The van der Waals surface area contributed by atoms with E-state index < -0.39 is 0 Å². The van der Waals surface area contributed by atoms with E-state index in [2.05, 4.69) is 10.5 Å². The maximum atomic E-state index is 11.9. The monoisotopic (exact) mass is 419 g/mol. The maximum Gasteiger partial charge on any atom is 0.265 e. The zero-order valence-electron chi connectivity index (χ0n) is 16.6. The molecular formula is C20H22ClN3O5. The van der Waals surface area contributed by atoms with E-state index >= 15 is 0 Å². The van der Waals surface area contributed by atoms with Crippen LogP contribution >= 0.6 is 11.6 Å². The first-order valence-corrected chi connectivity index (χ1v) is 8.92. The van der Waals surface area contributed by atoms with Crippen LogP contribution < -0.4 is 14.8 Å². The Bertz CT molecular complexity index is 898. The quantitative estimate of drug-likeness (QED) is 0.524. The molecule has 9 heteroatoms. The highest BCUT2D eigenvalue weighted by Crippen LogP contribution is 2.35. The summed E-state index contributed by atoms with van der Waals surface area (Å²) < 4.78 is 10.4. The lowest BCUT2D eigenvalue weighted by atomic mass is 10.2. The second-order valence-corrected chi connectivity index (χ2v) is 6.48. The Morgan fingerprint density at radius 1 is 1.14 bits per heavy atom. The summed E-state index contributed by atoms with van der Waals surface area (Å²) in [6.45, 7) is -0.282. The van der Waals surface area contributed by atoms with Crippen molar-refractivity contribution in [2.75, 3.05) is 40.2 Å². The van der Waals surface area contributed by atoms with Crippen molar-refractivity contribution in [1.29, 1.82) is 0 Å². The third kappa shape index (κ3) is 6.11. The van der Waals surface area contributed by atoms with Crippen LogP contribution in [0.15, 0.2) is 41.6 Å². The van der Waals surface area contributed by atoms with E-state index in [9.17, 15) is 9.59 Å². The first kappa shape index (κ1) is 22.0. The number of hydrogen-bond donors (Lipinski definition) is 1. The average molecular weight is 420 g/mol. The molecule has 0 fully saturated rings. The number of amides is 2. The van der Waals surface area contributed by atoms with Crippen LogP contribution in [0.1, 0.15) is 15.9 Å². The normalized spacial score (nSPS) is 10.5. The molecule has 2 aromatic carbocycles. The van der Waals surface area contributed by atoms with E-state index in [0.29, 0.717) is 33.3 Å². The van der Waals surface area contributed by atoms with Crippen molar-refractivity contribution in [3.8, 4) is 11.5 Å². The van der Waals surface area contributed by atoms with E-state index in [0.717, 1.165) is 0 Å². The Kier molecular flexibility index (Phi) is 7.85. The number of nitrogens with one attached hydrogen (secondary N) is 1. The standard InChI is InChI=1S/C20H22ClN3O5/c1-24(2)20(26)14-5-7-15(8-6-14)23-18(25)12-29-22-11-13-9-16(21)19(28-4)17(10-13)27-3/h5-11H,12H2,1-4H3,(H,23,25)/b22-11+. The summed E-state index contributed by atoms with van der Waals surface area (Å²) in [6, 6.07) is 9.86. The molecule has 0 saturated carbocycles. The summed E-state index contributed by atoms with van der Waals surface area (Å²) >= 11 is 6.12. The molecule has 0 atom stereocenters. The van der Waals surface area contributed by atoms with E-state index in [1.807, 2.05) is 0 Å². The number of benzene rings is 2. The first-order valence-electron chi connectivity index (χ1n) is 8.54. The van der Waals surface area contributed by atoms with Crippen LogP contribution in [0.5, 0.6) is 11.5 Å². The molecule has 1 N–H and O–H groups in total. The molecule has 0 aliphatic heterocycles. The Morgan fingerprint density at radius 2 is 1.83 bits per heavy atom. The molecule has 2 amide bonds. The minimum Gasteiger partial charge on any atom is -0.493 e. The number of hydrogen-bond acceptors (Lipinski definition) is 6. The van der Waals surface area contributed by atoms with Gasteiger partial charge in [0.25, 0.3) is 11.8 Å². The topological polar surface area (TPSA) is 89.5 Å². The number of ether oxygens (including phenoxy) is 2. The van der Waals surface area contributed by atoms with Gasteiger partial charge in [-0.1, -0.05) is 16.8 Å². The van der Waals surface area contributed by atoms with Crippen molar-refractivity contribution in [2.45, 2.75) is 0 Å². The third-order valence-electron chi connectivity index (χ3n) is 3.75. The van der Waals surface area contributed by atoms with E-state index in [4.69, 9.17) is 25.9 Å². The fourth-order valence-electron chi connectivity index (χ4n) is 2.36. The predicted molar refractivity (Wildman–Crippen MR) is 111 cm³/mol. The fraction of sp³-hybridized carbons (Fsp3) is 0.250. The number of rotatable bonds is 8. The Labute approximate surface area is 174 Å². The number of carbonyl (C=O) groups excluding carboxylic acids is 2. The molecule has 0 heterocycles. The van der Waals surface area contributed by atoms with Crippen molar-refractivity contribution >= 4 is 35.3 Å². The molecule has 0 unspecified atom stereocenters. The maximum absolute atomic E-state index is 11.9. The second kappa shape index (κ2) is 10.3. The van der Waals surface area contributed by atoms with E-state index in [1.165, 1.54) is 25.3 Å².